The Balaban J connectivity index is 1.75. The molecule has 0 unspecified atom stereocenters. The zero-order valence-corrected chi connectivity index (χ0v) is 13.5. The summed E-state index contributed by atoms with van der Waals surface area (Å²) >= 11 is 0. The topological polar surface area (TPSA) is 90.0 Å². The molecule has 3 aromatic rings. The number of rotatable bonds is 4. The second-order valence-electron chi connectivity index (χ2n) is 5.85. The van der Waals surface area contributed by atoms with Gasteiger partial charge in [0.15, 0.2) is 17.3 Å². The van der Waals surface area contributed by atoms with Gasteiger partial charge in [-0.25, -0.2) is 8.91 Å². The van der Waals surface area contributed by atoms with Crippen LogP contribution >= 0.6 is 0 Å². The van der Waals surface area contributed by atoms with Crippen molar-refractivity contribution in [1.29, 1.82) is 0 Å². The fourth-order valence-electron chi connectivity index (χ4n) is 2.94. The third-order valence-electron chi connectivity index (χ3n) is 4.19. The summed E-state index contributed by atoms with van der Waals surface area (Å²) in [5, 5.41) is 14.9. The predicted octanol–water partition coefficient (Wildman–Crippen LogP) is 3.30. The van der Waals surface area contributed by atoms with Crippen LogP contribution in [0.5, 0.6) is 11.5 Å². The highest BCUT2D eigenvalue weighted by Gasteiger charge is 2.23. The van der Waals surface area contributed by atoms with E-state index in [1.54, 1.807) is 33.9 Å². The number of hydrogen-bond donors (Lipinski definition) is 0. The smallest absolute Gasteiger partial charge is 0.272 e. The highest BCUT2D eigenvalue weighted by Crippen LogP contribution is 2.34. The van der Waals surface area contributed by atoms with Gasteiger partial charge in [0.25, 0.3) is 5.69 Å². The van der Waals surface area contributed by atoms with Gasteiger partial charge in [-0.05, 0) is 18.6 Å². The Morgan fingerprint density at radius 1 is 1.23 bits per heavy atom. The van der Waals surface area contributed by atoms with Gasteiger partial charge in [0.2, 0.25) is 5.91 Å². The van der Waals surface area contributed by atoms with E-state index in [0.29, 0.717) is 29.9 Å². The van der Waals surface area contributed by atoms with E-state index in [2.05, 4.69) is 5.10 Å². The summed E-state index contributed by atoms with van der Waals surface area (Å²) in [6.45, 7) is 0.594. The van der Waals surface area contributed by atoms with Crippen LogP contribution in [0.2, 0.25) is 0 Å². The minimum absolute atomic E-state index is 0.00368. The number of nitrogens with zero attached hydrogens (tertiary/aromatic N) is 4. The van der Waals surface area contributed by atoms with Crippen molar-refractivity contribution in [2.24, 2.45) is 0 Å². The molecule has 0 saturated carbocycles. The van der Waals surface area contributed by atoms with E-state index in [1.807, 2.05) is 0 Å². The molecule has 132 valence electrons. The fraction of sp³-hybridized carbons (Fsp3) is 0.176. The number of pyridine rings is 1. The zero-order valence-electron chi connectivity index (χ0n) is 13.5. The van der Waals surface area contributed by atoms with Crippen molar-refractivity contribution in [2.45, 2.75) is 12.8 Å². The lowest BCUT2D eigenvalue weighted by Gasteiger charge is -2.17. The maximum Gasteiger partial charge on any atom is 0.272 e. The van der Waals surface area contributed by atoms with Crippen LogP contribution in [0, 0.1) is 15.9 Å². The van der Waals surface area contributed by atoms with E-state index < -0.39 is 10.7 Å². The highest BCUT2D eigenvalue weighted by atomic mass is 19.1. The number of carbonyl (C=O) groups excluding carboxylic acids is 1. The first-order chi connectivity index (χ1) is 12.5. The molecule has 1 aromatic carbocycles. The van der Waals surface area contributed by atoms with Gasteiger partial charge in [-0.15, -0.1) is 0 Å². The third-order valence-corrected chi connectivity index (χ3v) is 4.19. The molecule has 8 nitrogen and oxygen atoms in total. The minimum Gasteiger partial charge on any atom is -0.452 e. The molecule has 1 aliphatic rings. The van der Waals surface area contributed by atoms with Gasteiger partial charge in [0, 0.05) is 25.1 Å². The number of benzene rings is 1. The van der Waals surface area contributed by atoms with Crippen LogP contribution in [-0.4, -0.2) is 27.0 Å². The molecule has 0 N–H and O–H groups in total. The Morgan fingerprint density at radius 2 is 2.08 bits per heavy atom. The van der Waals surface area contributed by atoms with E-state index in [0.717, 1.165) is 12.5 Å². The molecular weight excluding hydrogens is 343 g/mol. The molecule has 0 aliphatic carbocycles. The van der Waals surface area contributed by atoms with Crippen LogP contribution in [0.3, 0.4) is 0 Å². The summed E-state index contributed by atoms with van der Waals surface area (Å²) in [6.07, 6.45) is 4.51. The second kappa shape index (κ2) is 6.10. The highest BCUT2D eigenvalue weighted by molar-refractivity contribution is 5.95. The number of aromatic nitrogens is 2. The first kappa shape index (κ1) is 16.0. The van der Waals surface area contributed by atoms with E-state index in [-0.39, 0.29) is 17.3 Å². The Hall–Kier alpha value is -3.49. The van der Waals surface area contributed by atoms with Crippen molar-refractivity contribution in [1.82, 2.24) is 9.61 Å². The van der Waals surface area contributed by atoms with Crippen molar-refractivity contribution < 1.29 is 18.8 Å². The second-order valence-corrected chi connectivity index (χ2v) is 5.85. The van der Waals surface area contributed by atoms with Crippen LogP contribution in [0.25, 0.3) is 5.52 Å². The molecule has 0 radical (unpaired) electrons. The number of nitro groups is 1. The molecule has 1 aliphatic heterocycles. The van der Waals surface area contributed by atoms with E-state index >= 15 is 0 Å². The number of amides is 1. The molecule has 1 amide bonds. The molecule has 1 saturated heterocycles. The van der Waals surface area contributed by atoms with Crippen molar-refractivity contribution in [3.63, 3.8) is 0 Å². The molecule has 2 aromatic heterocycles. The molecule has 9 heteroatoms. The van der Waals surface area contributed by atoms with Crippen LogP contribution in [0.4, 0.5) is 15.8 Å². The Morgan fingerprint density at radius 3 is 2.77 bits per heavy atom. The van der Waals surface area contributed by atoms with Crippen molar-refractivity contribution in [3.05, 3.63) is 58.7 Å². The van der Waals surface area contributed by atoms with Crippen LogP contribution < -0.4 is 9.64 Å². The number of anilines is 1. The minimum atomic E-state index is -0.848. The van der Waals surface area contributed by atoms with Gasteiger partial charge in [-0.1, -0.05) is 0 Å². The molecule has 26 heavy (non-hydrogen) atoms. The van der Waals surface area contributed by atoms with Gasteiger partial charge in [-0.3, -0.25) is 14.9 Å². The predicted molar refractivity (Wildman–Crippen MR) is 89.9 cm³/mol. The molecule has 1 fully saturated rings. The lowest BCUT2D eigenvalue weighted by atomic mass is 10.3. The maximum absolute atomic E-state index is 14.2. The quantitative estimate of drug-likeness (QED) is 0.528. The third kappa shape index (κ3) is 2.73. The van der Waals surface area contributed by atoms with Gasteiger partial charge in [0.05, 0.1) is 29.1 Å². The number of fused-ring (bicyclic) bond motifs is 1. The Kier molecular flexibility index (Phi) is 3.76. The monoisotopic (exact) mass is 356 g/mol. The molecule has 4 rings (SSSR count). The van der Waals surface area contributed by atoms with E-state index in [9.17, 15) is 19.3 Å². The fourth-order valence-corrected chi connectivity index (χ4v) is 2.94. The summed E-state index contributed by atoms with van der Waals surface area (Å²) in [5.74, 6) is -0.695. The average Bonchev–Trinajstić information content (AvgIpc) is 3.24. The zero-order chi connectivity index (χ0) is 18.3. The molecule has 0 spiro atoms. The van der Waals surface area contributed by atoms with Crippen LogP contribution in [0.1, 0.15) is 12.8 Å². The lowest BCUT2D eigenvalue weighted by Crippen LogP contribution is -2.24. The summed E-state index contributed by atoms with van der Waals surface area (Å²) < 4.78 is 21.4. The normalized spacial score (nSPS) is 14.2. The molecule has 3 heterocycles. The van der Waals surface area contributed by atoms with Crippen LogP contribution in [0.15, 0.2) is 42.7 Å². The number of halogens is 1. The molecular formula is C17H13FN4O4. The largest absolute Gasteiger partial charge is 0.452 e. The van der Waals surface area contributed by atoms with Crippen molar-refractivity contribution >= 4 is 22.8 Å². The van der Waals surface area contributed by atoms with Crippen molar-refractivity contribution in [2.75, 3.05) is 11.4 Å². The summed E-state index contributed by atoms with van der Waals surface area (Å²) in [7, 11) is 0. The summed E-state index contributed by atoms with van der Waals surface area (Å²) in [6, 6.07) is 6.50. The summed E-state index contributed by atoms with van der Waals surface area (Å²) in [4.78, 5) is 23.7. The maximum atomic E-state index is 14.2. The van der Waals surface area contributed by atoms with Gasteiger partial charge in [0.1, 0.15) is 5.52 Å². The standard InChI is InChI=1S/C17H13FN4O4/c18-13-8-11(22(24)25)3-4-15(13)26-16-9-12(20-7-1-2-17(20)23)10-21-14(16)5-6-19-21/h3-6,8-10H,1-2,7H2. The average molecular weight is 356 g/mol. The molecule has 0 bridgehead atoms. The van der Waals surface area contributed by atoms with Gasteiger partial charge >= 0.3 is 0 Å². The number of hydrogen-bond acceptors (Lipinski definition) is 5. The van der Waals surface area contributed by atoms with Gasteiger partial charge < -0.3 is 9.64 Å². The van der Waals surface area contributed by atoms with Crippen LogP contribution in [-0.2, 0) is 4.79 Å². The van der Waals surface area contributed by atoms with E-state index in [1.165, 1.54) is 12.1 Å². The molecule has 0 atom stereocenters. The van der Waals surface area contributed by atoms with Gasteiger partial charge in [-0.2, -0.15) is 5.10 Å². The number of nitro benzene ring substituents is 1. The number of non-ortho nitro benzene ring substituents is 1. The lowest BCUT2D eigenvalue weighted by molar-refractivity contribution is -0.385. The first-order valence-electron chi connectivity index (χ1n) is 7.92. The SMILES string of the molecule is O=C1CCCN1c1cc(Oc2ccc([N+](=O)[O-])cc2F)c2ccnn2c1. The number of ether oxygens (including phenoxy) is 1. The Bertz CT molecular complexity index is 1030. The van der Waals surface area contributed by atoms with Crippen molar-refractivity contribution in [3.8, 4) is 11.5 Å². The summed E-state index contributed by atoms with van der Waals surface area (Å²) in [5.41, 5.74) is 0.819. The Labute approximate surface area is 146 Å². The van der Waals surface area contributed by atoms with E-state index in [4.69, 9.17) is 4.74 Å². The number of carbonyl (C=O) groups is 1. The first-order valence-corrected chi connectivity index (χ1v) is 7.92.